The summed E-state index contributed by atoms with van der Waals surface area (Å²) in [6.07, 6.45) is 0.960. The topological polar surface area (TPSA) is 91.9 Å². The van der Waals surface area contributed by atoms with E-state index in [4.69, 9.17) is 0 Å². The van der Waals surface area contributed by atoms with E-state index in [0.717, 1.165) is 36.6 Å². The quantitative estimate of drug-likeness (QED) is 0.458. The maximum absolute atomic E-state index is 14.0. The van der Waals surface area contributed by atoms with Gasteiger partial charge < -0.3 is 10.3 Å². The molecule has 10 heteroatoms. The summed E-state index contributed by atoms with van der Waals surface area (Å²) in [5.41, 5.74) is 1.08. The Labute approximate surface area is 174 Å². The molecule has 0 aliphatic rings. The van der Waals surface area contributed by atoms with E-state index in [0.29, 0.717) is 22.6 Å². The first-order valence-corrected chi connectivity index (χ1v) is 10.8. The highest BCUT2D eigenvalue weighted by atomic mass is 32.2. The lowest BCUT2D eigenvalue weighted by atomic mass is 10.1. The van der Waals surface area contributed by atoms with Gasteiger partial charge in [0, 0.05) is 29.6 Å². The average Bonchev–Trinajstić information content (AvgIpc) is 3.11. The molecule has 6 nitrogen and oxygen atoms in total. The zero-order valence-electron chi connectivity index (χ0n) is 15.9. The van der Waals surface area contributed by atoms with Crippen molar-refractivity contribution < 1.29 is 26.4 Å². The van der Waals surface area contributed by atoms with Crippen LogP contribution in [0, 0.1) is 17.5 Å². The number of nitrogens with zero attached hydrogens (tertiary/aromatic N) is 1. The number of halogens is 3. The molecule has 31 heavy (non-hydrogen) atoms. The summed E-state index contributed by atoms with van der Waals surface area (Å²) in [5.74, 6) is -3.30. The second kappa shape index (κ2) is 7.55. The number of sulfone groups is 1. The Morgan fingerprint density at radius 2 is 1.61 bits per heavy atom. The van der Waals surface area contributed by atoms with Crippen LogP contribution in [0.15, 0.2) is 59.5 Å². The third-order valence-electron chi connectivity index (χ3n) is 4.55. The first kappa shape index (κ1) is 20.6. The minimum Gasteiger partial charge on any atom is -0.338 e. The van der Waals surface area contributed by atoms with Crippen LogP contribution in [0.4, 0.5) is 18.9 Å². The molecule has 1 aromatic heterocycles. The van der Waals surface area contributed by atoms with Gasteiger partial charge in [-0.15, -0.1) is 0 Å². The molecular weight excluding hydrogens is 431 g/mol. The van der Waals surface area contributed by atoms with Crippen molar-refractivity contribution in [1.82, 2.24) is 9.97 Å². The molecule has 1 amide bonds. The fraction of sp³-hybridized carbons (Fsp3) is 0.0476. The van der Waals surface area contributed by atoms with Crippen molar-refractivity contribution in [1.29, 1.82) is 0 Å². The van der Waals surface area contributed by atoms with Crippen LogP contribution in [0.25, 0.3) is 22.4 Å². The number of hydrogen-bond donors (Lipinski definition) is 2. The highest BCUT2D eigenvalue weighted by molar-refractivity contribution is 7.90. The number of amides is 1. The van der Waals surface area contributed by atoms with Crippen LogP contribution >= 0.6 is 0 Å². The number of fused-ring (bicyclic) bond motifs is 1. The number of carbonyl (C=O) groups is 1. The van der Waals surface area contributed by atoms with Gasteiger partial charge in [-0.2, -0.15) is 0 Å². The number of rotatable bonds is 4. The van der Waals surface area contributed by atoms with Gasteiger partial charge >= 0.3 is 0 Å². The van der Waals surface area contributed by atoms with Crippen molar-refractivity contribution in [2.24, 2.45) is 0 Å². The van der Waals surface area contributed by atoms with E-state index in [-0.39, 0.29) is 10.4 Å². The molecule has 0 aliphatic carbocycles. The second-order valence-corrected chi connectivity index (χ2v) is 8.83. The van der Waals surface area contributed by atoms with Crippen molar-refractivity contribution in [2.75, 3.05) is 11.6 Å². The normalized spacial score (nSPS) is 11.6. The van der Waals surface area contributed by atoms with Gasteiger partial charge in [0.25, 0.3) is 5.91 Å². The monoisotopic (exact) mass is 445 g/mol. The van der Waals surface area contributed by atoms with E-state index in [1.54, 1.807) is 12.1 Å². The van der Waals surface area contributed by atoms with Gasteiger partial charge in [-0.05, 0) is 42.5 Å². The highest BCUT2D eigenvalue weighted by Gasteiger charge is 2.17. The van der Waals surface area contributed by atoms with Crippen molar-refractivity contribution in [3.63, 3.8) is 0 Å². The molecule has 158 valence electrons. The zero-order valence-corrected chi connectivity index (χ0v) is 16.7. The van der Waals surface area contributed by atoms with E-state index >= 15 is 0 Å². The van der Waals surface area contributed by atoms with E-state index in [9.17, 15) is 26.4 Å². The number of nitrogens with one attached hydrogen (secondary N) is 2. The lowest BCUT2D eigenvalue weighted by molar-refractivity contribution is 0.102. The standard InChI is InChI=1S/C21H14F3N3O3S/c1-31(29,30)13-6-7-15(22)14(8-13)21(28)25-12-4-2-11(3-5-12)20-26-18-9-16(23)17(24)10-19(18)27-20/h2-10H,1H3,(H,25,28)(H,26,27). The molecule has 0 radical (unpaired) electrons. The summed E-state index contributed by atoms with van der Waals surface area (Å²) >= 11 is 0. The summed E-state index contributed by atoms with van der Waals surface area (Å²) in [4.78, 5) is 19.3. The molecule has 3 aromatic carbocycles. The Bertz CT molecular complexity index is 1390. The van der Waals surface area contributed by atoms with Gasteiger partial charge in [-0.1, -0.05) is 0 Å². The largest absolute Gasteiger partial charge is 0.338 e. The molecule has 0 unspecified atom stereocenters. The zero-order chi connectivity index (χ0) is 22.3. The molecule has 0 saturated heterocycles. The Morgan fingerprint density at radius 3 is 2.29 bits per heavy atom. The predicted molar refractivity (Wildman–Crippen MR) is 109 cm³/mol. The third-order valence-corrected chi connectivity index (χ3v) is 5.66. The van der Waals surface area contributed by atoms with Gasteiger partial charge in [-0.25, -0.2) is 26.6 Å². The van der Waals surface area contributed by atoms with Crippen molar-refractivity contribution in [3.05, 3.63) is 77.6 Å². The summed E-state index contributed by atoms with van der Waals surface area (Å²) in [7, 11) is -3.61. The second-order valence-electron chi connectivity index (χ2n) is 6.81. The third kappa shape index (κ3) is 4.15. The molecule has 1 heterocycles. The summed E-state index contributed by atoms with van der Waals surface area (Å²) in [5, 5.41) is 2.49. The number of hydrogen-bond acceptors (Lipinski definition) is 4. The minimum absolute atomic E-state index is 0.174. The molecule has 0 atom stereocenters. The Kier molecular flexibility index (Phi) is 5.02. The van der Waals surface area contributed by atoms with Crippen molar-refractivity contribution >= 4 is 32.5 Å². The number of aromatic nitrogens is 2. The number of anilines is 1. The Balaban J connectivity index is 1.57. The fourth-order valence-electron chi connectivity index (χ4n) is 2.96. The SMILES string of the molecule is CS(=O)(=O)c1ccc(F)c(C(=O)Nc2ccc(-c3nc4cc(F)c(F)cc4[nH]3)cc2)c1. The summed E-state index contributed by atoms with van der Waals surface area (Å²) in [6, 6.07) is 11.2. The summed E-state index contributed by atoms with van der Waals surface area (Å²) in [6.45, 7) is 0. The van der Waals surface area contributed by atoms with Crippen molar-refractivity contribution in [3.8, 4) is 11.4 Å². The Morgan fingerprint density at radius 1 is 0.935 bits per heavy atom. The summed E-state index contributed by atoms with van der Waals surface area (Å²) < 4.78 is 64.1. The molecule has 4 aromatic rings. The molecule has 2 N–H and O–H groups in total. The van der Waals surface area contributed by atoms with Gasteiger partial charge in [0.05, 0.1) is 21.5 Å². The molecule has 0 spiro atoms. The van der Waals surface area contributed by atoms with Gasteiger partial charge in [0.1, 0.15) is 11.6 Å². The number of H-pyrrole nitrogens is 1. The van der Waals surface area contributed by atoms with E-state index in [2.05, 4.69) is 15.3 Å². The molecular formula is C21H14F3N3O3S. The molecule has 0 fully saturated rings. The van der Waals surface area contributed by atoms with Crippen LogP contribution in [0.3, 0.4) is 0 Å². The predicted octanol–water partition coefficient (Wildman–Crippen LogP) is 4.30. The van der Waals surface area contributed by atoms with E-state index in [1.165, 1.54) is 12.1 Å². The van der Waals surface area contributed by atoms with Gasteiger partial charge in [-0.3, -0.25) is 4.79 Å². The van der Waals surface area contributed by atoms with Crippen LogP contribution in [-0.2, 0) is 9.84 Å². The van der Waals surface area contributed by atoms with E-state index < -0.39 is 38.8 Å². The van der Waals surface area contributed by atoms with Crippen LogP contribution in [-0.4, -0.2) is 30.5 Å². The number of carbonyl (C=O) groups excluding carboxylic acids is 1. The minimum atomic E-state index is -3.61. The first-order valence-electron chi connectivity index (χ1n) is 8.88. The lowest BCUT2D eigenvalue weighted by Gasteiger charge is -2.08. The van der Waals surface area contributed by atoms with Crippen molar-refractivity contribution in [2.45, 2.75) is 4.90 Å². The number of imidazole rings is 1. The molecule has 0 saturated carbocycles. The molecule has 4 rings (SSSR count). The fourth-order valence-corrected chi connectivity index (χ4v) is 3.61. The van der Waals surface area contributed by atoms with Crippen LogP contribution in [0.2, 0.25) is 0 Å². The molecule has 0 aliphatic heterocycles. The lowest BCUT2D eigenvalue weighted by Crippen LogP contribution is -2.14. The highest BCUT2D eigenvalue weighted by Crippen LogP contribution is 2.24. The smallest absolute Gasteiger partial charge is 0.258 e. The first-order chi connectivity index (χ1) is 14.6. The maximum Gasteiger partial charge on any atom is 0.258 e. The van der Waals surface area contributed by atoms with Gasteiger partial charge in [0.15, 0.2) is 21.5 Å². The number of benzene rings is 3. The van der Waals surface area contributed by atoms with Crippen LogP contribution < -0.4 is 5.32 Å². The Hall–Kier alpha value is -3.66. The molecule has 0 bridgehead atoms. The average molecular weight is 445 g/mol. The van der Waals surface area contributed by atoms with Gasteiger partial charge in [0.2, 0.25) is 0 Å². The maximum atomic E-state index is 14.0. The van der Waals surface area contributed by atoms with E-state index in [1.807, 2.05) is 0 Å². The number of aromatic amines is 1. The van der Waals surface area contributed by atoms with Crippen LogP contribution in [0.1, 0.15) is 10.4 Å². The van der Waals surface area contributed by atoms with Crippen LogP contribution in [0.5, 0.6) is 0 Å².